The number of thiophene rings is 2. The van der Waals surface area contributed by atoms with Gasteiger partial charge in [-0.25, -0.2) is 19.8 Å². The molecule has 4 rings (SSSR count). The highest BCUT2D eigenvalue weighted by Gasteiger charge is 2.11. The Balaban J connectivity index is 1.23. The lowest BCUT2D eigenvalue weighted by atomic mass is 10.2. The average molecular weight is 445 g/mol. The molecule has 30 heavy (non-hydrogen) atoms. The number of hydrogen-bond donors (Lipinski definition) is 2. The molecule has 0 saturated heterocycles. The molecule has 0 aliphatic heterocycles. The Kier molecular flexibility index (Phi) is 6.75. The maximum absolute atomic E-state index is 12.0. The van der Waals surface area contributed by atoms with Crippen molar-refractivity contribution in [2.75, 3.05) is 0 Å². The Hall–Kier alpha value is -2.72. The molecule has 0 fully saturated rings. The summed E-state index contributed by atoms with van der Waals surface area (Å²) in [7, 11) is 0. The smallest absolute Gasteiger partial charge is 0.279 e. The molecule has 2 N–H and O–H groups in total. The quantitative estimate of drug-likeness (QED) is 0.347. The van der Waals surface area contributed by atoms with E-state index in [0.29, 0.717) is 25.9 Å². The minimum Gasteiger partial charge on any atom is -0.279 e. The van der Waals surface area contributed by atoms with Crippen LogP contribution in [0.25, 0.3) is 0 Å². The lowest BCUT2D eigenvalue weighted by Crippen LogP contribution is -2.20. The van der Waals surface area contributed by atoms with Crippen molar-refractivity contribution in [3.05, 3.63) is 77.4 Å². The van der Waals surface area contributed by atoms with Crippen molar-refractivity contribution in [2.24, 2.45) is 0 Å². The fourth-order valence-corrected chi connectivity index (χ4v) is 4.87. The van der Waals surface area contributed by atoms with Crippen LogP contribution in [0.4, 0.5) is 0 Å². The summed E-state index contributed by atoms with van der Waals surface area (Å²) >= 11 is 3.34. The summed E-state index contributed by atoms with van der Waals surface area (Å²) in [6, 6.07) is 8.12. The highest BCUT2D eigenvalue weighted by atomic mass is 32.1. The molecule has 8 nitrogen and oxygen atoms in total. The van der Waals surface area contributed by atoms with Crippen molar-refractivity contribution in [2.45, 2.75) is 51.6 Å². The van der Waals surface area contributed by atoms with E-state index in [4.69, 9.17) is 0 Å². The third-order valence-corrected chi connectivity index (χ3v) is 6.77. The largest absolute Gasteiger partial charge is 0.343 e. The molecule has 0 radical (unpaired) electrons. The summed E-state index contributed by atoms with van der Waals surface area (Å²) in [6.45, 7) is 1.32. The molecule has 0 spiro atoms. The molecule has 158 valence electrons. The summed E-state index contributed by atoms with van der Waals surface area (Å²) in [4.78, 5) is 26.5. The second kappa shape index (κ2) is 9.86. The third kappa shape index (κ3) is 5.06. The zero-order valence-corrected chi connectivity index (χ0v) is 18.2. The van der Waals surface area contributed by atoms with E-state index >= 15 is 0 Å². The van der Waals surface area contributed by atoms with Crippen LogP contribution in [0.1, 0.15) is 47.1 Å². The maximum Gasteiger partial charge on any atom is 0.343 e. The van der Waals surface area contributed by atoms with Crippen LogP contribution in [-0.2, 0) is 25.9 Å². The van der Waals surface area contributed by atoms with E-state index in [0.717, 1.165) is 37.3 Å². The monoisotopic (exact) mass is 444 g/mol. The fourth-order valence-electron chi connectivity index (χ4n) is 3.46. The van der Waals surface area contributed by atoms with Gasteiger partial charge in [-0.15, -0.1) is 22.7 Å². The average Bonchev–Trinajstić information content (AvgIpc) is 3.53. The number of nitrogens with zero attached hydrogens (tertiary/aromatic N) is 4. The van der Waals surface area contributed by atoms with Crippen LogP contribution in [0, 0.1) is 0 Å². The van der Waals surface area contributed by atoms with Gasteiger partial charge in [-0.3, -0.25) is 9.13 Å². The molecule has 0 unspecified atom stereocenters. The van der Waals surface area contributed by atoms with Crippen LogP contribution in [0.15, 0.2) is 44.6 Å². The van der Waals surface area contributed by atoms with Gasteiger partial charge in [0.05, 0.1) is 0 Å². The van der Waals surface area contributed by atoms with Crippen LogP contribution in [-0.4, -0.2) is 29.5 Å². The second-order valence-electron chi connectivity index (χ2n) is 7.12. The fraction of sp³-hybridized carbons (Fsp3) is 0.400. The molecule has 0 bridgehead atoms. The molecule has 0 amide bonds. The Morgan fingerprint density at radius 3 is 1.60 bits per heavy atom. The van der Waals surface area contributed by atoms with E-state index in [1.807, 2.05) is 22.9 Å². The summed E-state index contributed by atoms with van der Waals surface area (Å²) in [5.41, 5.74) is -0.297. The van der Waals surface area contributed by atoms with Crippen LogP contribution >= 0.6 is 22.7 Å². The normalized spacial score (nSPS) is 11.3. The zero-order chi connectivity index (χ0) is 20.8. The van der Waals surface area contributed by atoms with Gasteiger partial charge in [-0.05, 0) is 35.7 Å². The highest BCUT2D eigenvalue weighted by Crippen LogP contribution is 2.14. The van der Waals surface area contributed by atoms with Gasteiger partial charge < -0.3 is 0 Å². The highest BCUT2D eigenvalue weighted by molar-refractivity contribution is 7.10. The summed E-state index contributed by atoms with van der Waals surface area (Å²) in [5.74, 6) is 1.57. The first kappa shape index (κ1) is 20.5. The maximum atomic E-state index is 12.0. The number of hydrogen-bond acceptors (Lipinski definition) is 6. The van der Waals surface area contributed by atoms with Crippen molar-refractivity contribution in [3.63, 3.8) is 0 Å². The predicted octanol–water partition coefficient (Wildman–Crippen LogP) is 3.02. The number of nitrogens with one attached hydrogen (secondary N) is 2. The SMILES string of the molecule is O=c1[nH]nc(Cc2cccs2)n1CCCCCCn1c(Cc2cccs2)n[nH]c1=O. The Morgan fingerprint density at radius 1 is 0.733 bits per heavy atom. The van der Waals surface area contributed by atoms with Crippen LogP contribution in [0.5, 0.6) is 0 Å². The minimum absolute atomic E-state index is 0.148. The minimum atomic E-state index is -0.148. The number of aromatic amines is 2. The molecule has 4 aromatic heterocycles. The van der Waals surface area contributed by atoms with Gasteiger partial charge in [-0.2, -0.15) is 10.2 Å². The number of rotatable bonds is 11. The molecule has 0 aliphatic carbocycles. The Labute approximate surface area is 181 Å². The number of H-pyrrole nitrogens is 2. The van der Waals surface area contributed by atoms with E-state index in [9.17, 15) is 9.59 Å². The van der Waals surface area contributed by atoms with Gasteiger partial charge in [-0.1, -0.05) is 25.0 Å². The first-order valence-electron chi connectivity index (χ1n) is 10.0. The summed E-state index contributed by atoms with van der Waals surface area (Å²) < 4.78 is 3.47. The van der Waals surface area contributed by atoms with Gasteiger partial charge in [0.2, 0.25) is 0 Å². The standard InChI is InChI=1S/C20H24N6O2S2/c27-19-23-21-17(13-15-7-5-11-29-15)25(19)9-3-1-2-4-10-26-18(22-24-20(26)28)14-16-8-6-12-30-16/h5-8,11-12H,1-4,9-10,13-14H2,(H,23,27)(H,24,28). The molecule has 4 aromatic rings. The van der Waals surface area contributed by atoms with Crippen LogP contribution in [0.2, 0.25) is 0 Å². The zero-order valence-electron chi connectivity index (χ0n) is 16.5. The number of aromatic nitrogens is 6. The molecule has 0 aromatic carbocycles. The molecule has 10 heteroatoms. The van der Waals surface area contributed by atoms with Gasteiger partial charge in [0, 0.05) is 35.7 Å². The molecule has 0 aliphatic rings. The first-order chi connectivity index (χ1) is 14.7. The Bertz CT molecular complexity index is 1060. The van der Waals surface area contributed by atoms with Crippen LogP contribution in [0.3, 0.4) is 0 Å². The van der Waals surface area contributed by atoms with Crippen molar-refractivity contribution >= 4 is 22.7 Å². The first-order valence-corrected chi connectivity index (χ1v) is 11.8. The van der Waals surface area contributed by atoms with E-state index in [2.05, 4.69) is 32.5 Å². The van der Waals surface area contributed by atoms with Gasteiger partial charge in [0.15, 0.2) is 0 Å². The van der Waals surface area contributed by atoms with E-state index in [1.54, 1.807) is 31.8 Å². The number of unbranched alkanes of at least 4 members (excludes halogenated alkanes) is 3. The lowest BCUT2D eigenvalue weighted by Gasteiger charge is -2.07. The third-order valence-electron chi connectivity index (χ3n) is 5.01. The lowest BCUT2D eigenvalue weighted by molar-refractivity contribution is 0.517. The molecule has 0 atom stereocenters. The molecule has 0 saturated carbocycles. The van der Waals surface area contributed by atoms with E-state index in [-0.39, 0.29) is 11.4 Å². The van der Waals surface area contributed by atoms with Gasteiger partial charge in [0.1, 0.15) is 11.6 Å². The molecular formula is C20H24N6O2S2. The molecular weight excluding hydrogens is 420 g/mol. The van der Waals surface area contributed by atoms with E-state index < -0.39 is 0 Å². The van der Waals surface area contributed by atoms with Crippen molar-refractivity contribution < 1.29 is 0 Å². The topological polar surface area (TPSA) is 101 Å². The van der Waals surface area contributed by atoms with Crippen molar-refractivity contribution in [1.82, 2.24) is 29.5 Å². The summed E-state index contributed by atoms with van der Waals surface area (Å²) in [6.07, 6.45) is 5.13. The molecule has 4 heterocycles. The van der Waals surface area contributed by atoms with Crippen molar-refractivity contribution in [3.8, 4) is 0 Å². The van der Waals surface area contributed by atoms with Crippen LogP contribution < -0.4 is 11.4 Å². The van der Waals surface area contributed by atoms with Gasteiger partial charge >= 0.3 is 11.4 Å². The second-order valence-corrected chi connectivity index (χ2v) is 9.18. The Morgan fingerprint density at radius 2 is 1.20 bits per heavy atom. The predicted molar refractivity (Wildman–Crippen MR) is 118 cm³/mol. The van der Waals surface area contributed by atoms with Crippen molar-refractivity contribution in [1.29, 1.82) is 0 Å². The van der Waals surface area contributed by atoms with Gasteiger partial charge in [0.25, 0.3) is 0 Å². The van der Waals surface area contributed by atoms with E-state index in [1.165, 1.54) is 9.75 Å². The summed E-state index contributed by atoms with van der Waals surface area (Å²) in [5, 5.41) is 17.5.